The van der Waals surface area contributed by atoms with Gasteiger partial charge in [0.05, 0.1) is 12.7 Å². The molecular weight excluding hydrogens is 274 g/mol. The number of hydrogen-bond acceptors (Lipinski definition) is 3. The number of piperidine rings is 1. The summed E-state index contributed by atoms with van der Waals surface area (Å²) in [7, 11) is 3.92. The highest BCUT2D eigenvalue weighted by atomic mass is 16.5. The van der Waals surface area contributed by atoms with E-state index in [1.54, 1.807) is 7.11 Å². The molecule has 0 aromatic heterocycles. The Kier molecular flexibility index (Phi) is 3.11. The third-order valence-corrected chi connectivity index (χ3v) is 6.74. The summed E-state index contributed by atoms with van der Waals surface area (Å²) in [6.45, 7) is 2.83. The van der Waals surface area contributed by atoms with Gasteiger partial charge in [-0.3, -0.25) is 4.90 Å². The molecule has 3 heteroatoms. The lowest BCUT2D eigenvalue weighted by molar-refractivity contribution is -0.151. The Labute approximate surface area is 133 Å². The average molecular weight is 301 g/mol. The Morgan fingerprint density at radius 3 is 2.91 bits per heavy atom. The van der Waals surface area contributed by atoms with E-state index >= 15 is 0 Å². The van der Waals surface area contributed by atoms with Crippen LogP contribution in [0, 0.1) is 5.92 Å². The van der Waals surface area contributed by atoms with Gasteiger partial charge >= 0.3 is 0 Å². The van der Waals surface area contributed by atoms with Crippen LogP contribution in [0.2, 0.25) is 0 Å². The van der Waals surface area contributed by atoms with Crippen molar-refractivity contribution in [2.75, 3.05) is 20.7 Å². The number of rotatable bonds is 1. The van der Waals surface area contributed by atoms with E-state index in [4.69, 9.17) is 4.74 Å². The van der Waals surface area contributed by atoms with Crippen LogP contribution in [-0.2, 0) is 11.8 Å². The predicted octanol–water partition coefficient (Wildman–Crippen LogP) is 2.74. The van der Waals surface area contributed by atoms with Gasteiger partial charge in [-0.25, -0.2) is 0 Å². The van der Waals surface area contributed by atoms with Crippen LogP contribution in [0.1, 0.15) is 43.7 Å². The molecule has 2 fully saturated rings. The third-order valence-electron chi connectivity index (χ3n) is 6.74. The molecule has 3 nitrogen and oxygen atoms in total. The quantitative estimate of drug-likeness (QED) is 0.866. The summed E-state index contributed by atoms with van der Waals surface area (Å²) in [5.74, 6) is 1.49. The molecule has 3 aliphatic rings. The van der Waals surface area contributed by atoms with Gasteiger partial charge < -0.3 is 9.84 Å². The van der Waals surface area contributed by atoms with Gasteiger partial charge in [0.25, 0.3) is 0 Å². The van der Waals surface area contributed by atoms with Gasteiger partial charge in [-0.15, -0.1) is 0 Å². The normalized spacial score (nSPS) is 40.7. The molecule has 120 valence electrons. The highest BCUT2D eigenvalue weighted by Gasteiger charge is 2.62. The minimum absolute atomic E-state index is 0.0927. The van der Waals surface area contributed by atoms with Gasteiger partial charge in [-0.05, 0) is 62.4 Å². The van der Waals surface area contributed by atoms with Crippen molar-refractivity contribution in [1.82, 2.24) is 4.90 Å². The van der Waals surface area contributed by atoms with E-state index in [1.165, 1.54) is 30.4 Å². The SMILES string of the molecule is COc1ccc2c(c1)[C@@]13CCCC[C@@H]1[C@@H](C2)N(C)C[C@]3(C)O. The number of likely N-dealkylation sites (tertiary alicyclic amines) is 1. The molecule has 2 aliphatic carbocycles. The molecular formula is C19H27NO2. The maximum atomic E-state index is 11.5. The topological polar surface area (TPSA) is 32.7 Å². The average Bonchev–Trinajstić information content (AvgIpc) is 2.51. The first-order valence-electron chi connectivity index (χ1n) is 8.59. The molecule has 1 aliphatic heterocycles. The second kappa shape index (κ2) is 4.72. The van der Waals surface area contributed by atoms with Crippen molar-refractivity contribution in [1.29, 1.82) is 0 Å². The fourth-order valence-corrected chi connectivity index (χ4v) is 5.86. The fraction of sp³-hybridized carbons (Fsp3) is 0.684. The predicted molar refractivity (Wildman–Crippen MR) is 87.4 cm³/mol. The molecule has 1 heterocycles. The monoisotopic (exact) mass is 301 g/mol. The zero-order chi connectivity index (χ0) is 15.5. The van der Waals surface area contributed by atoms with Crippen molar-refractivity contribution in [3.05, 3.63) is 29.3 Å². The van der Waals surface area contributed by atoms with Gasteiger partial charge in [-0.1, -0.05) is 18.9 Å². The molecule has 1 N–H and O–H groups in total. The summed E-state index contributed by atoms with van der Waals surface area (Å²) in [5.41, 5.74) is 2.01. The first kappa shape index (κ1) is 14.5. The van der Waals surface area contributed by atoms with Crippen LogP contribution in [0.4, 0.5) is 0 Å². The lowest BCUT2D eigenvalue weighted by atomic mass is 9.47. The number of nitrogens with zero attached hydrogens (tertiary/aromatic N) is 1. The molecule has 2 bridgehead atoms. The van der Waals surface area contributed by atoms with Crippen LogP contribution in [0.3, 0.4) is 0 Å². The molecule has 1 aromatic rings. The molecule has 22 heavy (non-hydrogen) atoms. The van der Waals surface area contributed by atoms with Crippen molar-refractivity contribution < 1.29 is 9.84 Å². The number of ether oxygens (including phenoxy) is 1. The Bertz CT molecular complexity index is 597. The van der Waals surface area contributed by atoms with Crippen LogP contribution >= 0.6 is 0 Å². The van der Waals surface area contributed by atoms with Crippen molar-refractivity contribution in [2.24, 2.45) is 5.92 Å². The van der Waals surface area contributed by atoms with Gasteiger partial charge in [0.2, 0.25) is 0 Å². The number of benzene rings is 1. The molecule has 4 atom stereocenters. The van der Waals surface area contributed by atoms with Crippen LogP contribution in [0.5, 0.6) is 5.75 Å². The Morgan fingerprint density at radius 1 is 1.32 bits per heavy atom. The molecule has 1 saturated heterocycles. The molecule has 0 spiro atoms. The van der Waals surface area contributed by atoms with Crippen molar-refractivity contribution in [2.45, 2.75) is 56.1 Å². The van der Waals surface area contributed by atoms with Crippen molar-refractivity contribution in [3.8, 4) is 5.75 Å². The number of likely N-dealkylation sites (N-methyl/N-ethyl adjacent to an activating group) is 1. The number of aliphatic hydroxyl groups is 1. The van der Waals surface area contributed by atoms with Gasteiger partial charge in [0.1, 0.15) is 5.75 Å². The second-order valence-corrected chi connectivity index (χ2v) is 7.81. The second-order valence-electron chi connectivity index (χ2n) is 7.81. The lowest BCUT2D eigenvalue weighted by Crippen LogP contribution is -2.71. The molecule has 1 saturated carbocycles. The Balaban J connectivity index is 1.97. The number of hydrogen-bond donors (Lipinski definition) is 1. The Morgan fingerprint density at radius 2 is 2.14 bits per heavy atom. The highest BCUT2D eigenvalue weighted by Crippen LogP contribution is 2.59. The van der Waals surface area contributed by atoms with E-state index in [2.05, 4.69) is 37.1 Å². The summed E-state index contributed by atoms with van der Waals surface area (Å²) >= 11 is 0. The van der Waals surface area contributed by atoms with Crippen LogP contribution in [0.25, 0.3) is 0 Å². The lowest BCUT2D eigenvalue weighted by Gasteiger charge is -2.64. The van der Waals surface area contributed by atoms with Crippen molar-refractivity contribution in [3.63, 3.8) is 0 Å². The number of β-amino-alcohol motifs (C(OH)–C–C–N with tert-alkyl or cyclic N) is 1. The number of fused-ring (bicyclic) bond motifs is 1. The number of methoxy groups -OCH3 is 1. The summed E-state index contributed by atoms with van der Waals surface area (Å²) in [6, 6.07) is 7.08. The maximum Gasteiger partial charge on any atom is 0.119 e. The van der Waals surface area contributed by atoms with Crippen molar-refractivity contribution >= 4 is 0 Å². The van der Waals surface area contributed by atoms with E-state index in [0.29, 0.717) is 12.0 Å². The summed E-state index contributed by atoms with van der Waals surface area (Å²) < 4.78 is 5.49. The first-order chi connectivity index (χ1) is 10.5. The molecule has 4 rings (SSSR count). The highest BCUT2D eigenvalue weighted by molar-refractivity contribution is 5.48. The maximum absolute atomic E-state index is 11.5. The molecule has 0 amide bonds. The van der Waals surface area contributed by atoms with E-state index in [1.807, 2.05) is 0 Å². The zero-order valence-corrected chi connectivity index (χ0v) is 13.9. The molecule has 0 radical (unpaired) electrons. The first-order valence-corrected chi connectivity index (χ1v) is 8.59. The smallest absolute Gasteiger partial charge is 0.119 e. The summed E-state index contributed by atoms with van der Waals surface area (Å²) in [6.07, 6.45) is 5.97. The third kappa shape index (κ3) is 1.70. The van der Waals surface area contributed by atoms with Crippen LogP contribution < -0.4 is 4.74 Å². The minimum Gasteiger partial charge on any atom is -0.497 e. The standard InChI is InChI=1S/C19H27NO2/c1-18(21)12-20(2)17-10-13-7-8-14(22-3)11-16(13)19(18)9-5-4-6-15(17)19/h7-8,11,15,17,21H,4-6,9-10,12H2,1-3H3/t15-,17-,18+,19-/m1/s1. The van der Waals surface area contributed by atoms with Crippen LogP contribution in [-0.4, -0.2) is 42.4 Å². The van der Waals surface area contributed by atoms with E-state index in [9.17, 15) is 5.11 Å². The summed E-state index contributed by atoms with van der Waals surface area (Å²) in [4.78, 5) is 2.40. The van der Waals surface area contributed by atoms with Crippen LogP contribution in [0.15, 0.2) is 18.2 Å². The largest absolute Gasteiger partial charge is 0.497 e. The Hall–Kier alpha value is -1.06. The zero-order valence-electron chi connectivity index (χ0n) is 13.9. The van der Waals surface area contributed by atoms with E-state index < -0.39 is 5.60 Å². The van der Waals surface area contributed by atoms with E-state index in [-0.39, 0.29) is 5.41 Å². The van der Waals surface area contributed by atoms with Gasteiger partial charge in [0.15, 0.2) is 0 Å². The minimum atomic E-state index is -0.676. The van der Waals surface area contributed by atoms with E-state index in [0.717, 1.165) is 25.1 Å². The summed E-state index contributed by atoms with van der Waals surface area (Å²) in [5, 5.41) is 11.5. The fourth-order valence-electron chi connectivity index (χ4n) is 5.86. The molecule has 0 unspecified atom stereocenters. The van der Waals surface area contributed by atoms with Gasteiger partial charge in [0, 0.05) is 18.0 Å². The van der Waals surface area contributed by atoms with Gasteiger partial charge in [-0.2, -0.15) is 0 Å². The molecule has 1 aromatic carbocycles.